The first-order chi connectivity index (χ1) is 15.3. The highest BCUT2D eigenvalue weighted by atomic mass is 32.1. The number of fused-ring (bicyclic) bond motifs is 1. The quantitative estimate of drug-likeness (QED) is 0.386. The molecule has 2 aromatic carbocycles. The van der Waals surface area contributed by atoms with Crippen molar-refractivity contribution in [1.29, 1.82) is 5.26 Å². The van der Waals surface area contributed by atoms with Gasteiger partial charge in [0.1, 0.15) is 23.4 Å². The normalized spacial score (nSPS) is 16.0. The number of aliphatic imine (C=N–C) groups is 1. The van der Waals surface area contributed by atoms with E-state index in [9.17, 15) is 5.26 Å². The smallest absolute Gasteiger partial charge is 0.134 e. The van der Waals surface area contributed by atoms with E-state index in [0.29, 0.717) is 17.9 Å². The molecule has 1 atom stereocenters. The summed E-state index contributed by atoms with van der Waals surface area (Å²) >= 11 is 1.69. The molecule has 0 saturated heterocycles. The van der Waals surface area contributed by atoms with E-state index in [4.69, 9.17) is 9.73 Å². The lowest BCUT2D eigenvalue weighted by atomic mass is 9.72. The van der Waals surface area contributed by atoms with Crippen molar-refractivity contribution in [1.82, 2.24) is 0 Å². The monoisotopic (exact) mass is 442 g/mol. The predicted molar refractivity (Wildman–Crippen MR) is 133 cm³/mol. The van der Waals surface area contributed by atoms with E-state index in [0.717, 1.165) is 46.7 Å². The Hall–Kier alpha value is -2.90. The maximum atomic E-state index is 9.76. The molecular formula is C28H30N2OS. The maximum Gasteiger partial charge on any atom is 0.134 e. The number of ether oxygens (including phenoxy) is 1. The van der Waals surface area contributed by atoms with Gasteiger partial charge in [0.25, 0.3) is 0 Å². The van der Waals surface area contributed by atoms with Gasteiger partial charge in [0, 0.05) is 11.1 Å². The van der Waals surface area contributed by atoms with Crippen molar-refractivity contribution in [3.63, 3.8) is 0 Å². The largest absolute Gasteiger partial charge is 0.489 e. The fourth-order valence-electron chi connectivity index (χ4n) is 4.15. The van der Waals surface area contributed by atoms with Crippen molar-refractivity contribution >= 4 is 22.6 Å². The molecule has 0 spiro atoms. The van der Waals surface area contributed by atoms with Crippen molar-refractivity contribution in [2.45, 2.75) is 53.6 Å². The second kappa shape index (κ2) is 9.30. The molecule has 32 heavy (non-hydrogen) atoms. The fourth-order valence-corrected chi connectivity index (χ4v) is 5.37. The molecule has 0 N–H and O–H groups in total. The average molecular weight is 443 g/mol. The number of aryl methyl sites for hydroxylation is 1. The first kappa shape index (κ1) is 22.3. The van der Waals surface area contributed by atoms with Gasteiger partial charge >= 0.3 is 0 Å². The van der Waals surface area contributed by atoms with E-state index in [2.05, 4.69) is 58.0 Å². The number of rotatable bonds is 5. The Labute approximate surface area is 195 Å². The van der Waals surface area contributed by atoms with Gasteiger partial charge in [-0.05, 0) is 78.5 Å². The number of nitriles is 1. The highest BCUT2D eigenvalue weighted by Crippen LogP contribution is 2.44. The summed E-state index contributed by atoms with van der Waals surface area (Å²) in [5.74, 6) is 1.49. The molecule has 1 heterocycles. The number of benzene rings is 2. The Kier molecular flexibility index (Phi) is 6.48. The van der Waals surface area contributed by atoms with Gasteiger partial charge in [0.15, 0.2) is 0 Å². The van der Waals surface area contributed by atoms with Crippen molar-refractivity contribution in [3.8, 4) is 11.8 Å². The number of hydrogen-bond donors (Lipinski definition) is 0. The molecule has 4 rings (SSSR count). The number of nitrogens with zero attached hydrogens (tertiary/aromatic N) is 2. The Balaban J connectivity index is 1.44. The minimum absolute atomic E-state index is 0.293. The first-order valence-electron chi connectivity index (χ1n) is 11.2. The topological polar surface area (TPSA) is 45.4 Å². The predicted octanol–water partition coefficient (Wildman–Crippen LogP) is 7.41. The van der Waals surface area contributed by atoms with Crippen LogP contribution in [0.2, 0.25) is 0 Å². The molecule has 1 aromatic heterocycles. The summed E-state index contributed by atoms with van der Waals surface area (Å²) in [5.41, 5.74) is 5.69. The molecule has 1 aliphatic rings. The van der Waals surface area contributed by atoms with Gasteiger partial charge in [-0.25, -0.2) is 4.99 Å². The molecule has 0 fully saturated rings. The average Bonchev–Trinajstić information content (AvgIpc) is 3.14. The van der Waals surface area contributed by atoms with E-state index < -0.39 is 0 Å². The highest BCUT2D eigenvalue weighted by Gasteiger charge is 2.32. The molecule has 0 saturated carbocycles. The van der Waals surface area contributed by atoms with E-state index in [1.54, 1.807) is 11.3 Å². The van der Waals surface area contributed by atoms with Crippen LogP contribution in [-0.2, 0) is 19.4 Å². The molecule has 3 nitrogen and oxygen atoms in total. The molecular weight excluding hydrogens is 412 g/mol. The van der Waals surface area contributed by atoms with Crippen LogP contribution in [0.15, 0.2) is 53.5 Å². The molecule has 0 radical (unpaired) electrons. The molecule has 3 aromatic rings. The van der Waals surface area contributed by atoms with Gasteiger partial charge in [-0.3, -0.25) is 0 Å². The summed E-state index contributed by atoms with van der Waals surface area (Å²) < 4.78 is 5.89. The third-order valence-corrected chi connectivity index (χ3v) is 7.48. The van der Waals surface area contributed by atoms with E-state index in [1.807, 2.05) is 30.5 Å². The van der Waals surface area contributed by atoms with Gasteiger partial charge in [0.05, 0.1) is 5.56 Å². The zero-order valence-electron chi connectivity index (χ0n) is 19.3. The molecule has 1 aliphatic carbocycles. The van der Waals surface area contributed by atoms with Gasteiger partial charge in [-0.1, -0.05) is 50.6 Å². The van der Waals surface area contributed by atoms with E-state index >= 15 is 0 Å². The number of hydrogen-bond acceptors (Lipinski definition) is 4. The molecule has 0 aliphatic heterocycles. The van der Waals surface area contributed by atoms with Crippen LogP contribution >= 0.6 is 11.3 Å². The lowest BCUT2D eigenvalue weighted by Crippen LogP contribution is -2.26. The van der Waals surface area contributed by atoms with E-state index in [1.165, 1.54) is 16.0 Å². The van der Waals surface area contributed by atoms with Gasteiger partial charge in [0.2, 0.25) is 0 Å². The second-order valence-electron chi connectivity index (χ2n) is 9.70. The van der Waals surface area contributed by atoms with Crippen LogP contribution in [0.3, 0.4) is 0 Å². The van der Waals surface area contributed by atoms with Gasteiger partial charge < -0.3 is 4.74 Å². The standard InChI is InChI=1S/C28H30N2OS/c1-19-5-7-21(8-6-19)18-31-23-12-9-20(10-13-23)17-30-27-25(16-29)24-14-11-22(28(2,3)4)15-26(24)32-27/h5-10,12-13,17,22H,11,14-15,18H2,1-4H3/t22-/m0/s1. The zero-order chi connectivity index (χ0) is 22.7. The first-order valence-corrected chi connectivity index (χ1v) is 12.0. The van der Waals surface area contributed by atoms with Crippen LogP contribution in [0.25, 0.3) is 0 Å². The Bertz CT molecular complexity index is 1140. The maximum absolute atomic E-state index is 9.76. The molecule has 0 amide bonds. The summed E-state index contributed by atoms with van der Waals surface area (Å²) in [6.45, 7) is 9.58. The van der Waals surface area contributed by atoms with Crippen LogP contribution in [0.1, 0.15) is 59.9 Å². The summed E-state index contributed by atoms with van der Waals surface area (Å²) in [6, 6.07) is 18.7. The number of thiophene rings is 1. The summed E-state index contributed by atoms with van der Waals surface area (Å²) in [4.78, 5) is 6.05. The van der Waals surface area contributed by atoms with Gasteiger partial charge in [-0.15, -0.1) is 11.3 Å². The Morgan fingerprint density at radius 3 is 2.50 bits per heavy atom. The summed E-state index contributed by atoms with van der Waals surface area (Å²) in [6.07, 6.45) is 5.04. The lowest BCUT2D eigenvalue weighted by Gasteiger charge is -2.33. The third kappa shape index (κ3) is 5.11. The van der Waals surface area contributed by atoms with Crippen molar-refractivity contribution in [2.75, 3.05) is 0 Å². The minimum atomic E-state index is 0.293. The summed E-state index contributed by atoms with van der Waals surface area (Å²) in [5, 5.41) is 10.6. The van der Waals surface area contributed by atoms with Crippen LogP contribution in [0.4, 0.5) is 5.00 Å². The highest BCUT2D eigenvalue weighted by molar-refractivity contribution is 7.16. The SMILES string of the molecule is Cc1ccc(COc2ccc(C=Nc3sc4c(c3C#N)CC[C@H](C(C)(C)C)C4)cc2)cc1. The fraction of sp³-hybridized carbons (Fsp3) is 0.357. The summed E-state index contributed by atoms with van der Waals surface area (Å²) in [7, 11) is 0. The Morgan fingerprint density at radius 1 is 1.12 bits per heavy atom. The van der Waals surface area contributed by atoms with Gasteiger partial charge in [-0.2, -0.15) is 5.26 Å². The second-order valence-corrected chi connectivity index (χ2v) is 10.8. The minimum Gasteiger partial charge on any atom is -0.489 e. The molecule has 4 heteroatoms. The Morgan fingerprint density at radius 2 is 1.84 bits per heavy atom. The van der Waals surface area contributed by atoms with Crippen LogP contribution < -0.4 is 4.74 Å². The molecule has 0 bridgehead atoms. The molecule has 164 valence electrons. The van der Waals surface area contributed by atoms with Crippen molar-refractivity contribution in [2.24, 2.45) is 16.3 Å². The van der Waals surface area contributed by atoms with Crippen LogP contribution in [0.5, 0.6) is 5.75 Å². The van der Waals surface area contributed by atoms with Crippen LogP contribution in [-0.4, -0.2) is 6.21 Å². The van der Waals surface area contributed by atoms with Crippen LogP contribution in [0, 0.1) is 29.6 Å². The third-order valence-electron chi connectivity index (χ3n) is 6.32. The van der Waals surface area contributed by atoms with Crippen molar-refractivity contribution in [3.05, 3.63) is 81.2 Å². The van der Waals surface area contributed by atoms with E-state index in [-0.39, 0.29) is 0 Å². The molecule has 0 unspecified atom stereocenters. The lowest BCUT2D eigenvalue weighted by molar-refractivity contribution is 0.218. The zero-order valence-corrected chi connectivity index (χ0v) is 20.1. The van der Waals surface area contributed by atoms with Crippen molar-refractivity contribution < 1.29 is 4.74 Å².